The second-order valence-electron chi connectivity index (χ2n) is 7.61. The number of carbonyl (C=O) groups excluding carboxylic acids is 1. The fourth-order valence-corrected chi connectivity index (χ4v) is 3.77. The summed E-state index contributed by atoms with van der Waals surface area (Å²) in [5, 5.41) is 10.8. The molecule has 9 nitrogen and oxygen atoms in total. The molecule has 2 heterocycles. The van der Waals surface area contributed by atoms with Gasteiger partial charge in [0.25, 0.3) is 0 Å². The first kappa shape index (κ1) is 22.5. The molecule has 1 aliphatic rings. The Labute approximate surface area is 190 Å². The van der Waals surface area contributed by atoms with Crippen LogP contribution >= 0.6 is 0 Å². The number of methoxy groups -OCH3 is 1. The third-order valence-corrected chi connectivity index (χ3v) is 5.54. The van der Waals surface area contributed by atoms with Crippen LogP contribution < -0.4 is 14.9 Å². The number of hydrogen-bond acceptors (Lipinski definition) is 8. The second-order valence-corrected chi connectivity index (χ2v) is 7.61. The molecule has 1 saturated heterocycles. The van der Waals surface area contributed by atoms with E-state index in [4.69, 9.17) is 18.6 Å². The van der Waals surface area contributed by atoms with Gasteiger partial charge in [0.1, 0.15) is 29.1 Å². The van der Waals surface area contributed by atoms with E-state index in [1.807, 2.05) is 0 Å². The molecule has 0 spiro atoms. The lowest BCUT2D eigenvalue weighted by Gasteiger charge is -2.34. The van der Waals surface area contributed by atoms with E-state index in [1.165, 1.54) is 18.4 Å². The molecule has 0 aliphatic carbocycles. The minimum absolute atomic E-state index is 0.0374. The second kappa shape index (κ2) is 9.83. The average Bonchev–Trinajstić information content (AvgIpc) is 2.83. The van der Waals surface area contributed by atoms with Crippen molar-refractivity contribution < 1.29 is 28.5 Å². The van der Waals surface area contributed by atoms with E-state index in [2.05, 4.69) is 4.90 Å². The largest absolute Gasteiger partial charge is 0.507 e. The minimum Gasteiger partial charge on any atom is -0.507 e. The fourth-order valence-electron chi connectivity index (χ4n) is 3.77. The van der Waals surface area contributed by atoms with Crippen LogP contribution in [0.15, 0.2) is 51.9 Å². The lowest BCUT2D eigenvalue weighted by atomic mass is 10.1. The van der Waals surface area contributed by atoms with Crippen molar-refractivity contribution in [2.24, 2.45) is 0 Å². The number of rotatable bonds is 6. The van der Waals surface area contributed by atoms with E-state index >= 15 is 0 Å². The molecule has 1 aliphatic heterocycles. The maximum atomic E-state index is 13.1. The van der Waals surface area contributed by atoms with Crippen molar-refractivity contribution in [3.8, 4) is 23.0 Å². The number of hydrogen-bond donors (Lipinski definition) is 1. The molecule has 0 atom stereocenters. The van der Waals surface area contributed by atoms with Crippen LogP contribution in [-0.4, -0.2) is 60.9 Å². The molecule has 1 fully saturated rings. The number of carbonyl (C=O) groups is 1. The van der Waals surface area contributed by atoms with Gasteiger partial charge in [-0.1, -0.05) is 6.07 Å². The van der Waals surface area contributed by atoms with Crippen LogP contribution in [0.2, 0.25) is 0 Å². The van der Waals surface area contributed by atoms with E-state index in [-0.39, 0.29) is 23.0 Å². The van der Waals surface area contributed by atoms with Crippen LogP contribution in [-0.2, 0) is 11.3 Å². The van der Waals surface area contributed by atoms with E-state index in [1.54, 1.807) is 43.2 Å². The SMILES string of the molecule is CCOC(=O)N1CCN(Cc2c(O)ccc3c(=O)c(Oc4cccc(OC)c4)coc23)CC1. The standard InChI is InChI=1S/C24H26N2O7/c1-3-31-24(29)26-11-9-25(10-12-26)14-19-20(27)8-7-18-22(28)21(15-32-23(18)19)33-17-6-4-5-16(13-17)30-2/h4-8,13,15,27H,3,9-12,14H2,1-2H3. The first-order valence-corrected chi connectivity index (χ1v) is 10.7. The Morgan fingerprint density at radius 2 is 1.88 bits per heavy atom. The summed E-state index contributed by atoms with van der Waals surface area (Å²) in [5.41, 5.74) is 0.486. The van der Waals surface area contributed by atoms with Crippen LogP contribution in [0.5, 0.6) is 23.0 Å². The molecule has 3 aromatic rings. The van der Waals surface area contributed by atoms with E-state index < -0.39 is 0 Å². The number of fused-ring (bicyclic) bond motifs is 1. The lowest BCUT2D eigenvalue weighted by Crippen LogP contribution is -2.48. The van der Waals surface area contributed by atoms with Gasteiger partial charge in [-0.15, -0.1) is 0 Å². The van der Waals surface area contributed by atoms with Gasteiger partial charge in [-0.25, -0.2) is 4.79 Å². The third kappa shape index (κ3) is 4.88. The van der Waals surface area contributed by atoms with Crippen LogP contribution in [0.4, 0.5) is 4.79 Å². The van der Waals surface area contributed by atoms with E-state index in [0.29, 0.717) is 67.4 Å². The summed E-state index contributed by atoms with van der Waals surface area (Å²) in [7, 11) is 1.55. The Kier molecular flexibility index (Phi) is 6.69. The van der Waals surface area contributed by atoms with Crippen molar-refractivity contribution >= 4 is 17.1 Å². The molecule has 1 N–H and O–H groups in total. The molecule has 0 unspecified atom stereocenters. The summed E-state index contributed by atoms with van der Waals surface area (Å²) in [5.74, 6) is 1.13. The minimum atomic E-state index is -0.340. The van der Waals surface area contributed by atoms with Gasteiger partial charge < -0.3 is 28.6 Å². The lowest BCUT2D eigenvalue weighted by molar-refractivity contribution is 0.0776. The summed E-state index contributed by atoms with van der Waals surface area (Å²) in [4.78, 5) is 28.7. The van der Waals surface area contributed by atoms with Crippen LogP contribution in [0.3, 0.4) is 0 Å². The first-order valence-electron chi connectivity index (χ1n) is 10.7. The molecule has 33 heavy (non-hydrogen) atoms. The van der Waals surface area contributed by atoms with Crippen molar-refractivity contribution in [2.45, 2.75) is 13.5 Å². The van der Waals surface area contributed by atoms with E-state index in [9.17, 15) is 14.7 Å². The topological polar surface area (TPSA) is 102 Å². The Bertz CT molecular complexity index is 1200. The number of phenols is 1. The Morgan fingerprint density at radius 3 is 2.61 bits per heavy atom. The molecule has 0 radical (unpaired) electrons. The zero-order valence-electron chi connectivity index (χ0n) is 18.6. The number of phenolic OH excluding ortho intramolecular Hbond substituents is 1. The molecule has 174 valence electrons. The number of ether oxygens (including phenoxy) is 3. The van der Waals surface area contributed by atoms with Gasteiger partial charge >= 0.3 is 6.09 Å². The smallest absolute Gasteiger partial charge is 0.409 e. The zero-order valence-corrected chi connectivity index (χ0v) is 18.6. The number of amides is 1. The summed E-state index contributed by atoms with van der Waals surface area (Å²) in [6.07, 6.45) is 0.936. The maximum Gasteiger partial charge on any atom is 0.409 e. The number of benzene rings is 2. The van der Waals surface area contributed by atoms with Crippen LogP contribution in [0.1, 0.15) is 12.5 Å². The first-order chi connectivity index (χ1) is 16.0. The van der Waals surface area contributed by atoms with Crippen LogP contribution in [0.25, 0.3) is 11.0 Å². The molecule has 9 heteroatoms. The number of piperazine rings is 1. The fraction of sp³-hybridized carbons (Fsp3) is 0.333. The normalized spacial score (nSPS) is 14.3. The monoisotopic (exact) mass is 454 g/mol. The van der Waals surface area contributed by atoms with Crippen molar-refractivity contribution in [2.75, 3.05) is 39.9 Å². The molecule has 0 bridgehead atoms. The predicted molar refractivity (Wildman–Crippen MR) is 121 cm³/mol. The highest BCUT2D eigenvalue weighted by molar-refractivity contribution is 5.83. The molecule has 1 amide bonds. The highest BCUT2D eigenvalue weighted by atomic mass is 16.6. The maximum absolute atomic E-state index is 13.1. The molecular weight excluding hydrogens is 428 g/mol. The van der Waals surface area contributed by atoms with Crippen molar-refractivity contribution in [3.63, 3.8) is 0 Å². The average molecular weight is 454 g/mol. The number of nitrogens with zero attached hydrogens (tertiary/aromatic N) is 2. The van der Waals surface area contributed by atoms with Gasteiger partial charge in [-0.2, -0.15) is 0 Å². The third-order valence-electron chi connectivity index (χ3n) is 5.54. The Balaban J connectivity index is 1.55. The van der Waals surface area contributed by atoms with E-state index in [0.717, 1.165) is 0 Å². The van der Waals surface area contributed by atoms with Gasteiger partial charge in [0.15, 0.2) is 0 Å². The van der Waals surface area contributed by atoms with Gasteiger partial charge in [0.2, 0.25) is 11.2 Å². The van der Waals surface area contributed by atoms with Gasteiger partial charge in [-0.3, -0.25) is 9.69 Å². The molecular formula is C24H26N2O7. The van der Waals surface area contributed by atoms with Crippen molar-refractivity contribution in [1.29, 1.82) is 0 Å². The van der Waals surface area contributed by atoms with Crippen LogP contribution in [0, 0.1) is 0 Å². The molecule has 4 rings (SSSR count). The van der Waals surface area contributed by atoms with Gasteiger partial charge in [-0.05, 0) is 31.2 Å². The Morgan fingerprint density at radius 1 is 1.12 bits per heavy atom. The van der Waals surface area contributed by atoms with Crippen molar-refractivity contribution in [3.05, 3.63) is 58.4 Å². The highest BCUT2D eigenvalue weighted by Gasteiger charge is 2.24. The molecule has 1 aromatic heterocycles. The number of aromatic hydroxyl groups is 1. The van der Waals surface area contributed by atoms with Crippen molar-refractivity contribution in [1.82, 2.24) is 9.80 Å². The van der Waals surface area contributed by atoms with Gasteiger partial charge in [0, 0.05) is 38.8 Å². The summed E-state index contributed by atoms with van der Waals surface area (Å²) >= 11 is 0. The molecule has 2 aromatic carbocycles. The summed E-state index contributed by atoms with van der Waals surface area (Å²) < 4.78 is 21.7. The summed E-state index contributed by atoms with van der Waals surface area (Å²) in [6.45, 7) is 4.74. The van der Waals surface area contributed by atoms with Gasteiger partial charge in [0.05, 0.1) is 24.7 Å². The quantitative estimate of drug-likeness (QED) is 0.603. The summed E-state index contributed by atoms with van der Waals surface area (Å²) in [6, 6.07) is 9.92. The molecule has 0 saturated carbocycles. The highest BCUT2D eigenvalue weighted by Crippen LogP contribution is 2.30. The zero-order chi connectivity index (χ0) is 23.4. The Hall–Kier alpha value is -3.72. The predicted octanol–water partition coefficient (Wildman–Crippen LogP) is 3.57.